The van der Waals surface area contributed by atoms with Crippen LogP contribution >= 0.6 is 0 Å². The number of esters is 3. The zero-order valence-corrected chi connectivity index (χ0v) is 54.4. The second-order valence-corrected chi connectivity index (χ2v) is 23.0. The van der Waals surface area contributed by atoms with Gasteiger partial charge in [-0.15, -0.1) is 0 Å². The van der Waals surface area contributed by atoms with Gasteiger partial charge in [0.05, 0.1) is 0 Å². The summed E-state index contributed by atoms with van der Waals surface area (Å²) in [6.45, 7) is 6.41. The summed E-state index contributed by atoms with van der Waals surface area (Å²) >= 11 is 0. The largest absolute Gasteiger partial charge is 0.462 e. The summed E-state index contributed by atoms with van der Waals surface area (Å²) in [6.07, 6.45) is 98.0. The highest BCUT2D eigenvalue weighted by Gasteiger charge is 2.19. The Kier molecular flexibility index (Phi) is 66.7. The molecule has 0 aromatic carbocycles. The van der Waals surface area contributed by atoms with Gasteiger partial charge in [-0.25, -0.2) is 0 Å². The molecule has 1 unspecified atom stereocenters. The van der Waals surface area contributed by atoms with E-state index in [1.54, 1.807) is 0 Å². The highest BCUT2D eigenvalue weighted by molar-refractivity contribution is 5.71. The molecule has 0 amide bonds. The van der Waals surface area contributed by atoms with E-state index >= 15 is 0 Å². The summed E-state index contributed by atoms with van der Waals surface area (Å²) in [7, 11) is 0. The van der Waals surface area contributed by atoms with Gasteiger partial charge in [-0.3, -0.25) is 14.4 Å². The topological polar surface area (TPSA) is 78.9 Å². The molecule has 0 fully saturated rings. The zero-order valence-electron chi connectivity index (χ0n) is 54.4. The lowest BCUT2D eigenvalue weighted by Gasteiger charge is -2.18. The third kappa shape index (κ3) is 68.5. The molecule has 0 aromatic rings. The molecule has 0 aromatic heterocycles. The quantitative estimate of drug-likeness (QED) is 0.0261. The fourth-order valence-electron chi connectivity index (χ4n) is 9.79. The predicted molar refractivity (Wildman–Crippen MR) is 362 cm³/mol. The average molecular weight is 1150 g/mol. The minimum Gasteiger partial charge on any atom is -0.462 e. The van der Waals surface area contributed by atoms with Crippen LogP contribution in [0, 0.1) is 0 Å². The number of carbonyl (C=O) groups is 3. The van der Waals surface area contributed by atoms with E-state index < -0.39 is 6.10 Å². The van der Waals surface area contributed by atoms with E-state index in [1.165, 1.54) is 167 Å². The maximum absolute atomic E-state index is 12.9. The van der Waals surface area contributed by atoms with Crippen molar-refractivity contribution in [1.82, 2.24) is 0 Å². The Hall–Kier alpha value is -4.19. The average Bonchev–Trinajstić information content (AvgIpc) is 3.49. The summed E-state index contributed by atoms with van der Waals surface area (Å²) in [6, 6.07) is 0. The molecule has 0 aliphatic rings. The SMILES string of the molecule is CC/C=C\C/C=C\C/C=C\C/C=C\C/C=C\C/C=C\CCCCCCCCCCCCCCC(=O)OCC(COC(=O)CCCC/C=C\C/C=C\C/C=C\C/C=C\CC)OC(=O)CCCCCCCCCCCCCCCCCCCCC. The monoisotopic (exact) mass is 1150 g/mol. The van der Waals surface area contributed by atoms with Crippen LogP contribution in [0.2, 0.25) is 0 Å². The molecule has 0 saturated carbocycles. The van der Waals surface area contributed by atoms with Crippen LogP contribution in [0.5, 0.6) is 0 Å². The number of hydrogen-bond donors (Lipinski definition) is 0. The minimum atomic E-state index is -0.798. The van der Waals surface area contributed by atoms with Crippen molar-refractivity contribution in [3.63, 3.8) is 0 Å². The standard InChI is InChI=1S/C77H130O6/c1-4-7-10-13-16-19-22-25-28-30-32-33-34-35-36-37-38-39-40-41-42-43-45-46-49-52-55-58-61-64-67-70-76(79)82-73-74(72-81-75(78)69-66-63-60-57-54-51-48-27-24-21-18-15-12-9-6-3)83-77(80)71-68-65-62-59-56-53-50-47-44-31-29-26-23-20-17-14-11-8-5-2/h7,9-10,12,16,18-19,21,25,27-28,32-33,35-36,38-39,48,54,57,74H,4-6,8,11,13-15,17,20,22-24,26,29-31,34,37,40-47,49-53,55-56,58-73H2,1-3H3/b10-7-,12-9-,19-16-,21-18-,28-25-,33-32-,36-35-,39-38-,48-27-,57-54-. The van der Waals surface area contributed by atoms with Gasteiger partial charge in [0.1, 0.15) is 13.2 Å². The Bertz CT molecular complexity index is 1700. The van der Waals surface area contributed by atoms with Crippen LogP contribution in [0.25, 0.3) is 0 Å². The van der Waals surface area contributed by atoms with Crippen LogP contribution in [-0.4, -0.2) is 37.2 Å². The molecule has 0 rings (SSSR count). The first kappa shape index (κ1) is 78.8. The van der Waals surface area contributed by atoms with E-state index in [4.69, 9.17) is 14.2 Å². The van der Waals surface area contributed by atoms with Gasteiger partial charge < -0.3 is 14.2 Å². The van der Waals surface area contributed by atoms with Crippen LogP contribution < -0.4 is 0 Å². The molecule has 6 nitrogen and oxygen atoms in total. The van der Waals surface area contributed by atoms with Crippen LogP contribution in [0.4, 0.5) is 0 Å². The Morgan fingerprint density at radius 3 is 0.759 bits per heavy atom. The van der Waals surface area contributed by atoms with Gasteiger partial charge in [-0.1, -0.05) is 322 Å². The Labute approximate surface area is 513 Å². The highest BCUT2D eigenvalue weighted by Crippen LogP contribution is 2.17. The van der Waals surface area contributed by atoms with E-state index in [-0.39, 0.29) is 31.1 Å². The first-order valence-electron chi connectivity index (χ1n) is 35.0. The van der Waals surface area contributed by atoms with Gasteiger partial charge in [0, 0.05) is 19.3 Å². The molecule has 1 atom stereocenters. The second kappa shape index (κ2) is 70.3. The summed E-state index contributed by atoms with van der Waals surface area (Å²) in [5, 5.41) is 0. The van der Waals surface area contributed by atoms with Crippen molar-refractivity contribution in [2.75, 3.05) is 13.2 Å². The number of rotatable bonds is 63. The maximum Gasteiger partial charge on any atom is 0.306 e. The number of ether oxygens (including phenoxy) is 3. The fraction of sp³-hybridized carbons (Fsp3) is 0.701. The first-order chi connectivity index (χ1) is 41.0. The van der Waals surface area contributed by atoms with Crippen LogP contribution in [0.1, 0.15) is 329 Å². The van der Waals surface area contributed by atoms with Crippen molar-refractivity contribution in [3.8, 4) is 0 Å². The molecule has 6 heteroatoms. The smallest absolute Gasteiger partial charge is 0.306 e. The molecule has 0 bridgehead atoms. The van der Waals surface area contributed by atoms with E-state index in [0.717, 1.165) is 122 Å². The third-order valence-electron chi connectivity index (χ3n) is 15.0. The van der Waals surface area contributed by atoms with E-state index in [1.807, 2.05) is 0 Å². The van der Waals surface area contributed by atoms with Crippen LogP contribution in [0.3, 0.4) is 0 Å². The van der Waals surface area contributed by atoms with Crippen molar-refractivity contribution in [2.45, 2.75) is 335 Å². The van der Waals surface area contributed by atoms with E-state index in [9.17, 15) is 14.4 Å². The lowest BCUT2D eigenvalue weighted by atomic mass is 10.0. The van der Waals surface area contributed by atoms with E-state index in [0.29, 0.717) is 19.3 Å². The van der Waals surface area contributed by atoms with E-state index in [2.05, 4.69) is 142 Å². The van der Waals surface area contributed by atoms with Gasteiger partial charge in [0.15, 0.2) is 6.10 Å². The van der Waals surface area contributed by atoms with Gasteiger partial charge in [-0.2, -0.15) is 0 Å². The predicted octanol–water partition coefficient (Wildman–Crippen LogP) is 24.3. The highest BCUT2D eigenvalue weighted by atomic mass is 16.6. The number of hydrogen-bond acceptors (Lipinski definition) is 6. The fourth-order valence-corrected chi connectivity index (χ4v) is 9.79. The minimum absolute atomic E-state index is 0.0909. The van der Waals surface area contributed by atoms with Crippen LogP contribution in [-0.2, 0) is 28.6 Å². The van der Waals surface area contributed by atoms with Gasteiger partial charge >= 0.3 is 17.9 Å². The molecule has 0 heterocycles. The summed E-state index contributed by atoms with van der Waals surface area (Å²) in [5.41, 5.74) is 0. The lowest BCUT2D eigenvalue weighted by molar-refractivity contribution is -0.167. The van der Waals surface area contributed by atoms with Crippen LogP contribution in [0.15, 0.2) is 122 Å². The Morgan fingerprint density at radius 1 is 0.253 bits per heavy atom. The van der Waals surface area contributed by atoms with Gasteiger partial charge in [0.25, 0.3) is 0 Å². The molecule has 0 aliphatic carbocycles. The molecule has 0 saturated heterocycles. The number of carbonyl (C=O) groups excluding carboxylic acids is 3. The van der Waals surface area contributed by atoms with Gasteiger partial charge in [-0.05, 0) is 109 Å². The molecular weight excluding hydrogens is 1020 g/mol. The van der Waals surface area contributed by atoms with Crippen molar-refractivity contribution in [2.24, 2.45) is 0 Å². The van der Waals surface area contributed by atoms with Crippen molar-refractivity contribution >= 4 is 17.9 Å². The Morgan fingerprint density at radius 2 is 0.470 bits per heavy atom. The normalized spacial score (nSPS) is 12.9. The lowest BCUT2D eigenvalue weighted by Crippen LogP contribution is -2.30. The summed E-state index contributed by atoms with van der Waals surface area (Å²) in [5.74, 6) is -0.922. The zero-order chi connectivity index (χ0) is 59.9. The molecule has 83 heavy (non-hydrogen) atoms. The summed E-state index contributed by atoms with van der Waals surface area (Å²) in [4.78, 5) is 38.4. The number of allylic oxidation sites excluding steroid dienone is 20. The number of unbranched alkanes of at least 4 members (excludes halogenated alkanes) is 32. The maximum atomic E-state index is 12.9. The molecule has 474 valence electrons. The van der Waals surface area contributed by atoms with Crippen molar-refractivity contribution in [1.29, 1.82) is 0 Å². The first-order valence-corrected chi connectivity index (χ1v) is 35.0. The van der Waals surface area contributed by atoms with Crippen molar-refractivity contribution in [3.05, 3.63) is 122 Å². The molecule has 0 aliphatic heterocycles. The van der Waals surface area contributed by atoms with Crippen molar-refractivity contribution < 1.29 is 28.6 Å². The molecule has 0 N–H and O–H groups in total. The summed E-state index contributed by atoms with van der Waals surface area (Å²) < 4.78 is 16.9. The molecule has 0 spiro atoms. The molecular formula is C77H130O6. The second-order valence-electron chi connectivity index (χ2n) is 23.0. The molecule has 0 radical (unpaired) electrons. The third-order valence-corrected chi connectivity index (χ3v) is 15.0. The Balaban J connectivity index is 4.31. The van der Waals surface area contributed by atoms with Gasteiger partial charge in [0.2, 0.25) is 0 Å².